The second kappa shape index (κ2) is 3.43. The van der Waals surface area contributed by atoms with Gasteiger partial charge in [-0.2, -0.15) is 0 Å². The van der Waals surface area contributed by atoms with Gasteiger partial charge in [-0.3, -0.25) is 0 Å². The molecule has 0 aliphatic rings. The first kappa shape index (κ1) is 9.23. The van der Waals surface area contributed by atoms with Crippen LogP contribution in [0.3, 0.4) is 0 Å². The lowest BCUT2D eigenvalue weighted by molar-refractivity contribution is 0.285. The highest BCUT2D eigenvalue weighted by Gasteiger charge is 2.05. The maximum atomic E-state index is 8.97. The lowest BCUT2D eigenvalue weighted by atomic mass is 10.2. The molecule has 0 fully saturated rings. The summed E-state index contributed by atoms with van der Waals surface area (Å²) in [6, 6.07) is 5.99. The van der Waals surface area contributed by atoms with E-state index in [-0.39, 0.29) is 6.61 Å². The van der Waals surface area contributed by atoms with Gasteiger partial charge in [-0.25, -0.2) is 0 Å². The van der Waals surface area contributed by atoms with Gasteiger partial charge in [-0.05, 0) is 40.8 Å². The van der Waals surface area contributed by atoms with Crippen LogP contribution in [0, 0.1) is 3.57 Å². The highest BCUT2D eigenvalue weighted by molar-refractivity contribution is 14.1. The minimum Gasteiger partial charge on any atom is -0.397 e. The van der Waals surface area contributed by atoms with Crippen LogP contribution in [0.4, 0.5) is 5.69 Å². The number of aliphatic hydroxyl groups excluding tert-OH is 1. The average molecular weight is 305 g/mol. The van der Waals surface area contributed by atoms with Crippen LogP contribution in [-0.4, -0.2) is 5.11 Å². The molecule has 0 radical (unpaired) electrons. The second-order valence-electron chi connectivity index (χ2n) is 2.74. The Morgan fingerprint density at radius 2 is 2.23 bits per heavy atom. The molecular formula is C9H8INOS. The van der Waals surface area contributed by atoms with Crippen molar-refractivity contribution >= 4 is 49.7 Å². The van der Waals surface area contributed by atoms with E-state index in [0.29, 0.717) is 0 Å². The lowest BCUT2D eigenvalue weighted by Crippen LogP contribution is -1.88. The minimum absolute atomic E-state index is 0.0926. The quantitative estimate of drug-likeness (QED) is 0.628. The fourth-order valence-corrected chi connectivity index (χ4v) is 2.65. The molecule has 0 saturated carbocycles. The fourth-order valence-electron chi connectivity index (χ4n) is 1.24. The van der Waals surface area contributed by atoms with Crippen molar-refractivity contribution in [2.75, 3.05) is 5.73 Å². The van der Waals surface area contributed by atoms with E-state index >= 15 is 0 Å². The molecule has 0 bridgehead atoms. The normalized spacial score (nSPS) is 10.9. The number of benzene rings is 1. The van der Waals surface area contributed by atoms with Crippen molar-refractivity contribution in [3.63, 3.8) is 0 Å². The summed E-state index contributed by atoms with van der Waals surface area (Å²) in [5.41, 5.74) is 6.72. The van der Waals surface area contributed by atoms with Gasteiger partial charge in [0.05, 0.1) is 12.3 Å². The first-order valence-electron chi connectivity index (χ1n) is 3.79. The number of nitrogens with two attached hydrogens (primary N) is 1. The van der Waals surface area contributed by atoms with Crippen molar-refractivity contribution in [3.8, 4) is 0 Å². The summed E-state index contributed by atoms with van der Waals surface area (Å²) in [7, 11) is 0. The Balaban J connectivity index is 2.76. The third-order valence-corrected chi connectivity index (χ3v) is 3.92. The van der Waals surface area contributed by atoms with Gasteiger partial charge in [0.25, 0.3) is 0 Å². The van der Waals surface area contributed by atoms with Crippen LogP contribution in [0.1, 0.15) is 4.88 Å². The molecule has 0 unspecified atom stereocenters. The highest BCUT2D eigenvalue weighted by atomic mass is 127. The van der Waals surface area contributed by atoms with Gasteiger partial charge >= 0.3 is 0 Å². The Bertz CT molecular complexity index is 452. The van der Waals surface area contributed by atoms with E-state index in [1.165, 1.54) is 0 Å². The summed E-state index contributed by atoms with van der Waals surface area (Å²) >= 11 is 3.80. The lowest BCUT2D eigenvalue weighted by Gasteiger charge is -1.97. The number of hydrogen-bond donors (Lipinski definition) is 2. The number of aliphatic hydroxyl groups is 1. The minimum atomic E-state index is 0.0926. The highest BCUT2D eigenvalue weighted by Crippen LogP contribution is 2.32. The molecule has 2 aromatic rings. The molecule has 3 N–H and O–H groups in total. The van der Waals surface area contributed by atoms with E-state index in [9.17, 15) is 0 Å². The molecule has 4 heteroatoms. The van der Waals surface area contributed by atoms with Gasteiger partial charge < -0.3 is 10.8 Å². The summed E-state index contributed by atoms with van der Waals surface area (Å²) in [6.45, 7) is 0.0926. The Morgan fingerprint density at radius 1 is 1.46 bits per heavy atom. The summed E-state index contributed by atoms with van der Waals surface area (Å²) in [6.07, 6.45) is 0. The van der Waals surface area contributed by atoms with Gasteiger partial charge in [-0.1, -0.05) is 0 Å². The van der Waals surface area contributed by atoms with Crippen molar-refractivity contribution in [2.45, 2.75) is 6.61 Å². The molecule has 0 aliphatic heterocycles. The summed E-state index contributed by atoms with van der Waals surface area (Å²) in [5, 5.41) is 10.0. The maximum Gasteiger partial charge on any atom is 0.0774 e. The fraction of sp³-hybridized carbons (Fsp3) is 0.111. The number of rotatable bonds is 1. The van der Waals surface area contributed by atoms with Crippen LogP contribution in [0.2, 0.25) is 0 Å². The van der Waals surface area contributed by atoms with E-state index < -0.39 is 0 Å². The first-order chi connectivity index (χ1) is 6.22. The number of anilines is 1. The summed E-state index contributed by atoms with van der Waals surface area (Å²) in [4.78, 5) is 0.962. The van der Waals surface area contributed by atoms with Gasteiger partial charge in [0.15, 0.2) is 0 Å². The van der Waals surface area contributed by atoms with E-state index in [0.717, 1.165) is 24.2 Å². The van der Waals surface area contributed by atoms with Crippen LogP contribution in [0.5, 0.6) is 0 Å². The van der Waals surface area contributed by atoms with Gasteiger partial charge in [0.2, 0.25) is 0 Å². The Kier molecular flexibility index (Phi) is 2.44. The Labute approximate surface area is 93.5 Å². The molecule has 2 nitrogen and oxygen atoms in total. The predicted octanol–water partition coefficient (Wildman–Crippen LogP) is 2.58. The smallest absolute Gasteiger partial charge is 0.0774 e. The molecule has 1 aromatic carbocycles. The topological polar surface area (TPSA) is 46.2 Å². The van der Waals surface area contributed by atoms with Crippen molar-refractivity contribution in [3.05, 3.63) is 26.6 Å². The molecule has 0 saturated heterocycles. The monoisotopic (exact) mass is 305 g/mol. The average Bonchev–Trinajstić information content (AvgIpc) is 2.55. The molecular weight excluding hydrogens is 297 g/mol. The van der Waals surface area contributed by atoms with Gasteiger partial charge in [0, 0.05) is 18.5 Å². The Morgan fingerprint density at radius 3 is 2.92 bits per heavy atom. The zero-order valence-corrected chi connectivity index (χ0v) is 9.72. The Hall–Kier alpha value is -0.330. The maximum absolute atomic E-state index is 8.97. The summed E-state index contributed by atoms with van der Waals surface area (Å²) in [5.74, 6) is 0. The predicted molar refractivity (Wildman–Crippen MR) is 64.9 cm³/mol. The molecule has 1 heterocycles. The van der Waals surface area contributed by atoms with Crippen molar-refractivity contribution in [2.24, 2.45) is 0 Å². The molecule has 0 atom stereocenters. The van der Waals surface area contributed by atoms with Crippen molar-refractivity contribution in [1.29, 1.82) is 0 Å². The van der Waals surface area contributed by atoms with Crippen molar-refractivity contribution in [1.82, 2.24) is 0 Å². The zero-order valence-electron chi connectivity index (χ0n) is 6.75. The summed E-state index contributed by atoms with van der Waals surface area (Å²) < 4.78 is 2.20. The van der Waals surface area contributed by atoms with Crippen LogP contribution in [-0.2, 0) is 6.61 Å². The third-order valence-electron chi connectivity index (χ3n) is 1.90. The second-order valence-corrected chi connectivity index (χ2v) is 5.07. The first-order valence-corrected chi connectivity index (χ1v) is 5.69. The third kappa shape index (κ3) is 1.53. The van der Waals surface area contributed by atoms with Crippen LogP contribution >= 0.6 is 33.9 Å². The van der Waals surface area contributed by atoms with Gasteiger partial charge in [0.1, 0.15) is 0 Å². The van der Waals surface area contributed by atoms with Crippen LogP contribution in [0.15, 0.2) is 18.2 Å². The van der Waals surface area contributed by atoms with E-state index in [1.54, 1.807) is 11.3 Å². The number of nitrogen functional groups attached to an aromatic ring is 1. The van der Waals surface area contributed by atoms with E-state index in [1.807, 2.05) is 18.2 Å². The SMILES string of the molecule is Nc1c(I)ccc2sc(CO)cc12. The molecule has 13 heavy (non-hydrogen) atoms. The molecule has 0 spiro atoms. The van der Waals surface area contributed by atoms with Crippen LogP contribution < -0.4 is 5.73 Å². The zero-order chi connectivity index (χ0) is 9.42. The molecule has 1 aromatic heterocycles. The molecule has 2 rings (SSSR count). The molecule has 0 amide bonds. The number of hydrogen-bond acceptors (Lipinski definition) is 3. The molecule has 68 valence electrons. The van der Waals surface area contributed by atoms with E-state index in [2.05, 4.69) is 22.6 Å². The van der Waals surface area contributed by atoms with E-state index in [4.69, 9.17) is 10.8 Å². The number of fused-ring (bicyclic) bond motifs is 1. The van der Waals surface area contributed by atoms with Crippen molar-refractivity contribution < 1.29 is 5.11 Å². The largest absolute Gasteiger partial charge is 0.397 e. The number of halogens is 1. The molecule has 0 aliphatic carbocycles. The van der Waals surface area contributed by atoms with Gasteiger partial charge in [-0.15, -0.1) is 11.3 Å². The van der Waals surface area contributed by atoms with Crippen LogP contribution in [0.25, 0.3) is 10.1 Å². The standard InChI is InChI=1S/C9H8INOS/c10-7-1-2-8-6(9(7)11)3-5(4-12)13-8/h1-3,12H,4,11H2. The number of thiophene rings is 1.